The van der Waals surface area contributed by atoms with Crippen LogP contribution in [-0.2, 0) is 15.8 Å². The number of thioether (sulfide) groups is 1. The Hall–Kier alpha value is -1.48. The molecule has 0 unspecified atom stereocenters. The Morgan fingerprint density at radius 2 is 1.93 bits per heavy atom. The Morgan fingerprint density at radius 3 is 2.56 bits per heavy atom. The number of halogens is 3. The molecule has 5 nitrogen and oxygen atoms in total. The lowest BCUT2D eigenvalue weighted by Crippen LogP contribution is -2.26. The van der Waals surface area contributed by atoms with E-state index in [9.17, 15) is 17.6 Å². The molecule has 0 atom stereocenters. The molecule has 2 aromatic rings. The molecule has 0 saturated heterocycles. The highest BCUT2D eigenvalue weighted by molar-refractivity contribution is 7.98. The monoisotopic (exact) mass is 450 g/mol. The number of hydrogen-bond donors (Lipinski definition) is 2. The predicted octanol–water partition coefficient (Wildman–Crippen LogP) is 4.17. The van der Waals surface area contributed by atoms with Gasteiger partial charge in [-0.3, -0.25) is 9.52 Å². The van der Waals surface area contributed by atoms with Crippen molar-refractivity contribution in [3.05, 3.63) is 63.4 Å². The summed E-state index contributed by atoms with van der Waals surface area (Å²) in [7, 11) is -3.42. The highest BCUT2D eigenvalue weighted by atomic mass is 35.5. The van der Waals surface area contributed by atoms with Crippen molar-refractivity contribution < 1.29 is 17.6 Å². The van der Waals surface area contributed by atoms with E-state index in [4.69, 9.17) is 23.2 Å². The summed E-state index contributed by atoms with van der Waals surface area (Å²) in [5, 5.41) is 3.22. The number of carbonyl (C=O) groups excluding carboxylic acids is 1. The van der Waals surface area contributed by atoms with E-state index in [1.54, 1.807) is 12.1 Å². The molecule has 0 radical (unpaired) electrons. The molecule has 0 saturated carbocycles. The van der Waals surface area contributed by atoms with E-state index in [-0.39, 0.29) is 28.0 Å². The van der Waals surface area contributed by atoms with E-state index >= 15 is 0 Å². The molecule has 0 heterocycles. The normalized spacial score (nSPS) is 11.3. The number of sulfonamides is 1. The molecule has 0 spiro atoms. The third-order valence-corrected chi connectivity index (χ3v) is 5.62. The number of benzene rings is 2. The van der Waals surface area contributed by atoms with Crippen LogP contribution in [-0.4, -0.2) is 32.9 Å². The molecule has 10 heteroatoms. The summed E-state index contributed by atoms with van der Waals surface area (Å²) in [5.74, 6) is 0.222. The minimum Gasteiger partial charge on any atom is -0.351 e. The SMILES string of the molecule is CS(=O)(=O)Nc1ccc(C(=O)NCCSCc2c(F)cccc2Cl)c(Cl)c1. The molecular weight excluding hydrogens is 434 g/mol. The van der Waals surface area contributed by atoms with Gasteiger partial charge in [-0.15, -0.1) is 0 Å². The molecule has 0 aliphatic rings. The largest absolute Gasteiger partial charge is 0.351 e. The van der Waals surface area contributed by atoms with E-state index in [0.29, 0.717) is 28.6 Å². The molecular formula is C17H17Cl2FN2O3S2. The van der Waals surface area contributed by atoms with Crippen LogP contribution in [0, 0.1) is 5.82 Å². The molecule has 27 heavy (non-hydrogen) atoms. The maximum absolute atomic E-state index is 13.7. The topological polar surface area (TPSA) is 75.3 Å². The van der Waals surface area contributed by atoms with Gasteiger partial charge in [0.1, 0.15) is 5.82 Å². The Balaban J connectivity index is 1.84. The Morgan fingerprint density at radius 1 is 1.19 bits per heavy atom. The summed E-state index contributed by atoms with van der Waals surface area (Å²) >= 11 is 13.4. The summed E-state index contributed by atoms with van der Waals surface area (Å²) in [4.78, 5) is 12.2. The zero-order valence-corrected chi connectivity index (χ0v) is 17.4. The molecule has 2 aromatic carbocycles. The summed E-state index contributed by atoms with van der Waals surface area (Å²) in [6.07, 6.45) is 1.02. The average molecular weight is 451 g/mol. The third kappa shape index (κ3) is 6.88. The van der Waals surface area contributed by atoms with Gasteiger partial charge in [-0.05, 0) is 30.3 Å². The third-order valence-electron chi connectivity index (χ3n) is 3.36. The number of nitrogens with one attached hydrogen (secondary N) is 2. The summed E-state index contributed by atoms with van der Waals surface area (Å²) in [5.41, 5.74) is 0.946. The Labute approximate surface area is 171 Å². The molecule has 0 bridgehead atoms. The van der Waals surface area contributed by atoms with Crippen molar-refractivity contribution in [3.8, 4) is 0 Å². The van der Waals surface area contributed by atoms with Gasteiger partial charge in [-0.2, -0.15) is 11.8 Å². The van der Waals surface area contributed by atoms with Crippen molar-refractivity contribution >= 4 is 56.6 Å². The Kier molecular flexibility index (Phi) is 7.79. The summed E-state index contributed by atoms with van der Waals surface area (Å²) < 4.78 is 38.4. The van der Waals surface area contributed by atoms with E-state index < -0.39 is 10.0 Å². The van der Waals surface area contributed by atoms with Crippen LogP contribution in [0.1, 0.15) is 15.9 Å². The van der Waals surface area contributed by atoms with Crippen LogP contribution < -0.4 is 10.0 Å². The van der Waals surface area contributed by atoms with Crippen LogP contribution in [0.25, 0.3) is 0 Å². The van der Waals surface area contributed by atoms with E-state index in [1.165, 1.54) is 36.0 Å². The second-order valence-corrected chi connectivity index (χ2v) is 9.25. The smallest absolute Gasteiger partial charge is 0.252 e. The molecule has 0 aliphatic carbocycles. The number of hydrogen-bond acceptors (Lipinski definition) is 4. The van der Waals surface area contributed by atoms with Gasteiger partial charge in [0.05, 0.1) is 16.8 Å². The van der Waals surface area contributed by atoms with Crippen molar-refractivity contribution in [3.63, 3.8) is 0 Å². The first kappa shape index (κ1) is 21.8. The van der Waals surface area contributed by atoms with Gasteiger partial charge in [0.25, 0.3) is 5.91 Å². The number of amides is 1. The van der Waals surface area contributed by atoms with Crippen molar-refractivity contribution in [2.75, 3.05) is 23.3 Å². The van der Waals surface area contributed by atoms with Crippen LogP contribution >= 0.6 is 35.0 Å². The van der Waals surface area contributed by atoms with Crippen LogP contribution in [0.3, 0.4) is 0 Å². The zero-order valence-electron chi connectivity index (χ0n) is 14.3. The van der Waals surface area contributed by atoms with Gasteiger partial charge in [0, 0.05) is 34.3 Å². The first-order chi connectivity index (χ1) is 12.7. The minimum atomic E-state index is -3.42. The fourth-order valence-corrected chi connectivity index (χ4v) is 4.17. The zero-order chi connectivity index (χ0) is 20.0. The average Bonchev–Trinajstić information content (AvgIpc) is 2.55. The maximum atomic E-state index is 13.7. The number of anilines is 1. The minimum absolute atomic E-state index is 0.131. The van der Waals surface area contributed by atoms with Gasteiger partial charge in [0.15, 0.2) is 0 Å². The first-order valence-corrected chi connectivity index (χ1v) is 11.5. The summed E-state index contributed by atoms with van der Waals surface area (Å²) in [6.45, 7) is 0.356. The van der Waals surface area contributed by atoms with Gasteiger partial charge < -0.3 is 5.32 Å². The van der Waals surface area contributed by atoms with Crippen LogP contribution in [0.2, 0.25) is 10.0 Å². The lowest BCUT2D eigenvalue weighted by molar-refractivity contribution is 0.0956. The van der Waals surface area contributed by atoms with Gasteiger partial charge in [-0.1, -0.05) is 29.3 Å². The van der Waals surface area contributed by atoms with E-state index in [0.717, 1.165) is 6.26 Å². The number of carbonyl (C=O) groups is 1. The first-order valence-electron chi connectivity index (χ1n) is 7.73. The summed E-state index contributed by atoms with van der Waals surface area (Å²) in [6, 6.07) is 8.80. The highest BCUT2D eigenvalue weighted by Crippen LogP contribution is 2.24. The van der Waals surface area contributed by atoms with Crippen molar-refractivity contribution in [1.29, 1.82) is 0 Å². The van der Waals surface area contributed by atoms with Crippen LogP contribution in [0.5, 0.6) is 0 Å². The molecule has 0 aromatic heterocycles. The van der Waals surface area contributed by atoms with Crippen LogP contribution in [0.15, 0.2) is 36.4 Å². The van der Waals surface area contributed by atoms with Crippen LogP contribution in [0.4, 0.5) is 10.1 Å². The fourth-order valence-electron chi connectivity index (χ4n) is 2.15. The number of rotatable bonds is 8. The van der Waals surface area contributed by atoms with Gasteiger partial charge in [-0.25, -0.2) is 12.8 Å². The lowest BCUT2D eigenvalue weighted by atomic mass is 10.2. The van der Waals surface area contributed by atoms with Gasteiger partial charge in [0.2, 0.25) is 10.0 Å². The molecule has 1 amide bonds. The maximum Gasteiger partial charge on any atom is 0.252 e. The van der Waals surface area contributed by atoms with Crippen molar-refractivity contribution in [1.82, 2.24) is 5.32 Å². The van der Waals surface area contributed by atoms with Crippen molar-refractivity contribution in [2.24, 2.45) is 0 Å². The van der Waals surface area contributed by atoms with Crippen molar-refractivity contribution in [2.45, 2.75) is 5.75 Å². The van der Waals surface area contributed by atoms with E-state index in [1.807, 2.05) is 0 Å². The molecule has 2 rings (SSSR count). The fraction of sp³-hybridized carbons (Fsp3) is 0.235. The molecule has 146 valence electrons. The second kappa shape index (κ2) is 9.64. The quantitative estimate of drug-likeness (QED) is 0.591. The standard InChI is InChI=1S/C17H17Cl2FN2O3S2/c1-27(24,25)22-11-5-6-12(15(19)9-11)17(23)21-7-8-26-10-13-14(18)3-2-4-16(13)20/h2-6,9,22H,7-8,10H2,1H3,(H,21,23). The van der Waals surface area contributed by atoms with Gasteiger partial charge >= 0.3 is 0 Å². The molecule has 0 fully saturated rings. The Bertz CT molecular complexity index is 920. The second-order valence-electron chi connectivity index (χ2n) is 5.58. The molecule has 0 aliphatic heterocycles. The lowest BCUT2D eigenvalue weighted by Gasteiger charge is -2.10. The highest BCUT2D eigenvalue weighted by Gasteiger charge is 2.12. The molecule has 2 N–H and O–H groups in total. The van der Waals surface area contributed by atoms with E-state index in [2.05, 4.69) is 10.0 Å². The predicted molar refractivity (Wildman–Crippen MR) is 110 cm³/mol.